The molecule has 2 aromatic carbocycles. The Morgan fingerprint density at radius 1 is 1.10 bits per heavy atom. The summed E-state index contributed by atoms with van der Waals surface area (Å²) in [5, 5.41) is 2.97. The van der Waals surface area contributed by atoms with Crippen LogP contribution in [0, 0.1) is 0 Å². The summed E-state index contributed by atoms with van der Waals surface area (Å²) in [6.45, 7) is 5.64. The molecule has 1 amide bonds. The molecule has 0 radical (unpaired) electrons. The molecule has 170 valence electrons. The van der Waals surface area contributed by atoms with Gasteiger partial charge in [-0.1, -0.05) is 41.9 Å². The van der Waals surface area contributed by atoms with Crippen LogP contribution >= 0.6 is 11.6 Å². The van der Waals surface area contributed by atoms with Gasteiger partial charge in [0, 0.05) is 19.8 Å². The first kappa shape index (κ1) is 25.1. The highest BCUT2D eigenvalue weighted by Gasteiger charge is 2.26. The van der Waals surface area contributed by atoms with Gasteiger partial charge in [0.05, 0.1) is 16.5 Å². The Kier molecular flexibility index (Phi) is 10.3. The summed E-state index contributed by atoms with van der Waals surface area (Å²) >= 11 is 6.14. The van der Waals surface area contributed by atoms with Gasteiger partial charge < -0.3 is 14.8 Å². The number of sulfonamides is 1. The Morgan fingerprint density at radius 3 is 2.48 bits per heavy atom. The molecule has 0 bridgehead atoms. The number of nitrogens with one attached hydrogen (secondary N) is 2. The molecule has 2 N–H and O–H groups in total. The number of hydrogen-bond acceptors (Lipinski definition) is 5. The maximum atomic E-state index is 13.0. The van der Waals surface area contributed by atoms with Crippen LogP contribution in [0.2, 0.25) is 5.02 Å². The minimum atomic E-state index is -3.99. The molecule has 0 fully saturated rings. The normalized spacial score (nSPS) is 12.4. The van der Waals surface area contributed by atoms with E-state index in [0.29, 0.717) is 38.5 Å². The van der Waals surface area contributed by atoms with Crippen LogP contribution in [-0.4, -0.2) is 46.7 Å². The summed E-state index contributed by atoms with van der Waals surface area (Å²) in [4.78, 5) is 12.7. The standard InChI is InChI=1S/C22H29ClN2O5S/c1-3-29-14-8-13-24-22(26)20(15-17-9-6-5-7-10-17)25-31(27,28)18-11-12-21(30-4-2)19(23)16-18/h5-7,9-12,16,20,25H,3-4,8,13-15H2,1-2H3,(H,24,26). The van der Waals surface area contributed by atoms with Crippen molar-refractivity contribution in [3.05, 3.63) is 59.1 Å². The van der Waals surface area contributed by atoms with Gasteiger partial charge in [-0.2, -0.15) is 4.72 Å². The van der Waals surface area contributed by atoms with Crippen molar-refractivity contribution >= 4 is 27.5 Å². The number of ether oxygens (including phenoxy) is 2. The predicted molar refractivity (Wildman–Crippen MR) is 121 cm³/mol. The Balaban J connectivity index is 2.16. The second-order valence-corrected chi connectivity index (χ2v) is 8.85. The molecule has 0 spiro atoms. The minimum Gasteiger partial charge on any atom is -0.492 e. The third kappa shape index (κ3) is 8.14. The topological polar surface area (TPSA) is 93.7 Å². The molecule has 9 heteroatoms. The lowest BCUT2D eigenvalue weighted by atomic mass is 10.1. The second-order valence-electron chi connectivity index (χ2n) is 6.73. The molecule has 0 aliphatic heterocycles. The zero-order chi connectivity index (χ0) is 22.7. The maximum Gasteiger partial charge on any atom is 0.241 e. The van der Waals surface area contributed by atoms with Gasteiger partial charge in [-0.25, -0.2) is 8.42 Å². The number of rotatable bonds is 13. The van der Waals surface area contributed by atoms with Crippen LogP contribution in [0.3, 0.4) is 0 Å². The molecule has 31 heavy (non-hydrogen) atoms. The van der Waals surface area contributed by atoms with Crippen molar-refractivity contribution in [1.82, 2.24) is 10.0 Å². The molecule has 0 heterocycles. The van der Waals surface area contributed by atoms with E-state index in [9.17, 15) is 13.2 Å². The van der Waals surface area contributed by atoms with Crippen LogP contribution in [0.25, 0.3) is 0 Å². The molecule has 0 aliphatic carbocycles. The van der Waals surface area contributed by atoms with E-state index in [-0.39, 0.29) is 16.3 Å². The smallest absolute Gasteiger partial charge is 0.241 e. The van der Waals surface area contributed by atoms with E-state index in [0.717, 1.165) is 5.56 Å². The first-order chi connectivity index (χ1) is 14.9. The fraction of sp³-hybridized carbons (Fsp3) is 0.409. The summed E-state index contributed by atoms with van der Waals surface area (Å²) < 4.78 is 39.1. The third-order valence-corrected chi connectivity index (χ3v) is 6.14. The van der Waals surface area contributed by atoms with Crippen LogP contribution < -0.4 is 14.8 Å². The van der Waals surface area contributed by atoms with E-state index in [1.165, 1.54) is 18.2 Å². The molecule has 2 aromatic rings. The SMILES string of the molecule is CCOCCCNC(=O)C(Cc1ccccc1)NS(=O)(=O)c1ccc(OCC)c(Cl)c1. The average molecular weight is 469 g/mol. The molecule has 2 rings (SSSR count). The van der Waals surface area contributed by atoms with Gasteiger partial charge in [-0.15, -0.1) is 0 Å². The number of halogens is 1. The molecular weight excluding hydrogens is 440 g/mol. The summed E-state index contributed by atoms with van der Waals surface area (Å²) in [7, 11) is -3.99. The van der Waals surface area contributed by atoms with Gasteiger partial charge in [0.15, 0.2) is 0 Å². The Morgan fingerprint density at radius 2 is 1.84 bits per heavy atom. The zero-order valence-corrected chi connectivity index (χ0v) is 19.3. The van der Waals surface area contributed by atoms with Crippen molar-refractivity contribution < 1.29 is 22.7 Å². The Bertz CT molecular complexity index is 938. The van der Waals surface area contributed by atoms with Gasteiger partial charge in [-0.05, 0) is 50.5 Å². The van der Waals surface area contributed by atoms with Gasteiger partial charge in [0.25, 0.3) is 0 Å². The monoisotopic (exact) mass is 468 g/mol. The number of carbonyl (C=O) groups excluding carboxylic acids is 1. The van der Waals surface area contributed by atoms with Crippen LogP contribution in [0.1, 0.15) is 25.8 Å². The first-order valence-corrected chi connectivity index (χ1v) is 12.1. The molecule has 1 atom stereocenters. The molecule has 7 nitrogen and oxygen atoms in total. The van der Waals surface area contributed by atoms with E-state index in [4.69, 9.17) is 21.1 Å². The van der Waals surface area contributed by atoms with Gasteiger partial charge in [0.1, 0.15) is 11.8 Å². The van der Waals surface area contributed by atoms with Crippen molar-refractivity contribution in [2.24, 2.45) is 0 Å². The molecule has 0 aromatic heterocycles. The van der Waals surface area contributed by atoms with Crippen LogP contribution in [-0.2, 0) is 26.0 Å². The highest BCUT2D eigenvalue weighted by atomic mass is 35.5. The third-order valence-electron chi connectivity index (χ3n) is 4.38. The van der Waals surface area contributed by atoms with E-state index >= 15 is 0 Å². The van der Waals surface area contributed by atoms with Crippen LogP contribution in [0.5, 0.6) is 5.75 Å². The largest absolute Gasteiger partial charge is 0.492 e. The fourth-order valence-corrected chi connectivity index (χ4v) is 4.39. The summed E-state index contributed by atoms with van der Waals surface area (Å²) in [6, 6.07) is 12.5. The van der Waals surface area contributed by atoms with Gasteiger partial charge >= 0.3 is 0 Å². The molecule has 0 saturated heterocycles. The fourth-order valence-electron chi connectivity index (χ4n) is 2.87. The lowest BCUT2D eigenvalue weighted by Crippen LogP contribution is -2.48. The molecular formula is C22H29ClN2O5S. The van der Waals surface area contributed by atoms with Crippen molar-refractivity contribution in [2.45, 2.75) is 37.6 Å². The number of carbonyl (C=O) groups is 1. The minimum absolute atomic E-state index is 0.0387. The Hall–Kier alpha value is -2.13. The number of hydrogen-bond donors (Lipinski definition) is 2. The highest BCUT2D eigenvalue weighted by Crippen LogP contribution is 2.27. The van der Waals surface area contributed by atoms with E-state index in [2.05, 4.69) is 10.0 Å². The summed E-state index contributed by atoms with van der Waals surface area (Å²) in [5.41, 5.74) is 0.837. The molecule has 0 aliphatic rings. The van der Waals surface area contributed by atoms with Gasteiger partial charge in [-0.3, -0.25) is 4.79 Å². The van der Waals surface area contributed by atoms with E-state index < -0.39 is 22.0 Å². The van der Waals surface area contributed by atoms with Crippen LogP contribution in [0.4, 0.5) is 0 Å². The van der Waals surface area contributed by atoms with E-state index in [1.54, 1.807) is 0 Å². The van der Waals surface area contributed by atoms with E-state index in [1.807, 2.05) is 44.2 Å². The van der Waals surface area contributed by atoms with Crippen molar-refractivity contribution in [1.29, 1.82) is 0 Å². The maximum absolute atomic E-state index is 13.0. The quantitative estimate of drug-likeness (QED) is 0.440. The highest BCUT2D eigenvalue weighted by molar-refractivity contribution is 7.89. The molecule has 0 saturated carbocycles. The van der Waals surface area contributed by atoms with Crippen molar-refractivity contribution in [3.63, 3.8) is 0 Å². The van der Waals surface area contributed by atoms with Gasteiger partial charge in [0.2, 0.25) is 15.9 Å². The first-order valence-electron chi connectivity index (χ1n) is 10.2. The summed E-state index contributed by atoms with van der Waals surface area (Å²) in [6.07, 6.45) is 0.848. The summed E-state index contributed by atoms with van der Waals surface area (Å²) in [5.74, 6) is -0.00282. The Labute approximate surface area is 189 Å². The lowest BCUT2D eigenvalue weighted by molar-refractivity contribution is -0.122. The second kappa shape index (κ2) is 12.7. The van der Waals surface area contributed by atoms with Crippen LogP contribution in [0.15, 0.2) is 53.4 Å². The number of benzene rings is 2. The zero-order valence-electron chi connectivity index (χ0n) is 17.8. The van der Waals surface area contributed by atoms with Crippen molar-refractivity contribution in [3.8, 4) is 5.75 Å². The molecule has 1 unspecified atom stereocenters. The lowest BCUT2D eigenvalue weighted by Gasteiger charge is -2.19. The van der Waals surface area contributed by atoms with Crippen molar-refractivity contribution in [2.75, 3.05) is 26.4 Å². The average Bonchev–Trinajstić information content (AvgIpc) is 2.75. The number of amides is 1. The predicted octanol–water partition coefficient (Wildman–Crippen LogP) is 3.17.